The van der Waals surface area contributed by atoms with Gasteiger partial charge in [-0.05, 0) is 0 Å². The molecule has 67 valence electrons. The zero-order valence-corrected chi connectivity index (χ0v) is 9.99. The molecule has 0 amide bonds. The third kappa shape index (κ3) is 2.09. The summed E-state index contributed by atoms with van der Waals surface area (Å²) in [5, 5.41) is 10.3. The summed E-state index contributed by atoms with van der Waals surface area (Å²) in [5.74, 6) is 0. The van der Waals surface area contributed by atoms with Gasteiger partial charge in [-0.15, -0.1) is 0 Å². The van der Waals surface area contributed by atoms with Crippen molar-refractivity contribution in [1.82, 2.24) is 0 Å². The molecule has 0 aromatic rings. The van der Waals surface area contributed by atoms with Gasteiger partial charge >= 0.3 is 66.1 Å². The summed E-state index contributed by atoms with van der Waals surface area (Å²) >= 11 is -1.76. The Kier molecular flexibility index (Phi) is 2.05. The third-order valence-corrected chi connectivity index (χ3v) is 11.0. The fraction of sp³-hybridized carbons (Fsp3) is 1.00. The fourth-order valence-corrected chi connectivity index (χ4v) is 7.76. The van der Waals surface area contributed by atoms with Crippen LogP contribution in [0.4, 0.5) is 0 Å². The second-order valence-electron chi connectivity index (χ2n) is 4.46. The monoisotopic (exact) mass is 324 g/mol. The molecule has 1 aliphatic rings. The molecule has 0 aromatic carbocycles. The minimum absolute atomic E-state index is 1.14. The molecule has 1 rings (SSSR count). The zero-order valence-electron chi connectivity index (χ0n) is 7.72. The van der Waals surface area contributed by atoms with Crippen molar-refractivity contribution in [2.24, 2.45) is 0 Å². The van der Waals surface area contributed by atoms with Gasteiger partial charge in [-0.3, -0.25) is 0 Å². The Balaban J connectivity index is 2.63. The van der Waals surface area contributed by atoms with E-state index in [4.69, 9.17) is 0 Å². The van der Waals surface area contributed by atoms with Crippen molar-refractivity contribution in [3.63, 3.8) is 0 Å². The molecule has 10 heavy (non-hydrogen) atoms. The molecule has 0 bridgehead atoms. The van der Waals surface area contributed by atoms with Gasteiger partial charge in [0.2, 0.25) is 0 Å². The van der Waals surface area contributed by atoms with E-state index in [1.165, 1.54) is 25.7 Å². The maximum atomic E-state index is 2.57. The van der Waals surface area contributed by atoms with Gasteiger partial charge in [0.05, 0.1) is 0 Å². The molecule has 0 heterocycles. The van der Waals surface area contributed by atoms with Crippen molar-refractivity contribution >= 4 is 0 Å². The summed E-state index contributed by atoms with van der Waals surface area (Å²) in [6, 6.07) is 0. The molecular formula is C9H21Pt. The zero-order chi connectivity index (χ0) is 7.85. The van der Waals surface area contributed by atoms with Crippen molar-refractivity contribution in [3.8, 4) is 0 Å². The van der Waals surface area contributed by atoms with E-state index < -0.39 is 14.8 Å². The van der Waals surface area contributed by atoms with E-state index in [9.17, 15) is 0 Å². The first-order chi connectivity index (χ1) is 4.36. The molecule has 0 atom stereocenters. The second-order valence-corrected chi connectivity index (χ2v) is 25.2. The number of hydrogen-bond acceptors (Lipinski definition) is 0. The first-order valence-corrected chi connectivity index (χ1v) is 14.2. The molecule has 0 unspecified atom stereocenters. The van der Waals surface area contributed by atoms with Gasteiger partial charge in [-0.2, -0.15) is 0 Å². The second kappa shape index (κ2) is 2.34. The van der Waals surface area contributed by atoms with Crippen molar-refractivity contribution in [1.29, 1.82) is 0 Å². The van der Waals surface area contributed by atoms with E-state index in [0.717, 1.165) is 4.31 Å². The average Bonchev–Trinajstić information content (AvgIpc) is 2.04. The van der Waals surface area contributed by atoms with Crippen LogP contribution < -0.4 is 0 Å². The number of hydrogen-bond donors (Lipinski definition) is 0. The molecule has 0 N–H and O–H groups in total. The molecular weight excluding hydrogens is 303 g/mol. The van der Waals surface area contributed by atoms with Gasteiger partial charge < -0.3 is 0 Å². The van der Waals surface area contributed by atoms with Crippen molar-refractivity contribution in [2.75, 3.05) is 0 Å². The first-order valence-electron chi connectivity index (χ1n) is 3.76. The van der Waals surface area contributed by atoms with E-state index >= 15 is 0 Å². The van der Waals surface area contributed by atoms with Gasteiger partial charge in [0.1, 0.15) is 0 Å². The van der Waals surface area contributed by atoms with E-state index in [1.807, 2.05) is 0 Å². The quantitative estimate of drug-likeness (QED) is 0.677. The van der Waals surface area contributed by atoms with E-state index in [0.29, 0.717) is 0 Å². The van der Waals surface area contributed by atoms with E-state index in [1.54, 1.807) is 0 Å². The Bertz CT molecular complexity index is 114. The Hall–Kier alpha value is 0.688. The molecule has 0 radical (unpaired) electrons. The summed E-state index contributed by atoms with van der Waals surface area (Å²) in [4.78, 5) is 0. The molecule has 0 aliphatic heterocycles. The molecule has 0 nitrogen and oxygen atoms in total. The Morgan fingerprint density at radius 3 is 1.50 bits per heavy atom. The summed E-state index contributed by atoms with van der Waals surface area (Å²) in [5.41, 5.74) is 0. The molecule has 0 aromatic heterocycles. The van der Waals surface area contributed by atoms with E-state index in [2.05, 4.69) is 21.3 Å². The Labute approximate surface area is 66.2 Å². The normalized spacial score (nSPS) is 26.2. The Morgan fingerprint density at radius 1 is 0.900 bits per heavy atom. The SMILES string of the molecule is [CH3][Pt]([CH3])([CH3])([CH3])[CH]1CCCC1. The molecule has 1 heteroatoms. The van der Waals surface area contributed by atoms with Crippen LogP contribution in [0, 0.1) is 0 Å². The van der Waals surface area contributed by atoms with Gasteiger partial charge in [0.25, 0.3) is 0 Å². The van der Waals surface area contributed by atoms with Crippen LogP contribution >= 0.6 is 0 Å². The predicted molar refractivity (Wildman–Crippen MR) is 45.7 cm³/mol. The first kappa shape index (κ1) is 8.78. The van der Waals surface area contributed by atoms with Crippen LogP contribution in [0.1, 0.15) is 25.7 Å². The van der Waals surface area contributed by atoms with Crippen LogP contribution in [0.25, 0.3) is 0 Å². The molecule has 1 fully saturated rings. The van der Waals surface area contributed by atoms with Gasteiger partial charge in [0.15, 0.2) is 0 Å². The maximum absolute atomic E-state index is 2.57. The van der Waals surface area contributed by atoms with E-state index in [-0.39, 0.29) is 0 Å². The van der Waals surface area contributed by atoms with Crippen LogP contribution in [0.15, 0.2) is 0 Å². The van der Waals surface area contributed by atoms with Crippen LogP contribution in [-0.2, 0) is 14.8 Å². The van der Waals surface area contributed by atoms with Gasteiger partial charge in [-0.1, -0.05) is 0 Å². The predicted octanol–water partition coefficient (Wildman–Crippen LogP) is 4.23. The average molecular weight is 324 g/mol. The summed E-state index contributed by atoms with van der Waals surface area (Å²) < 4.78 is 1.14. The van der Waals surface area contributed by atoms with Gasteiger partial charge in [-0.25, -0.2) is 0 Å². The van der Waals surface area contributed by atoms with Crippen LogP contribution in [0.5, 0.6) is 0 Å². The molecule has 1 aliphatic carbocycles. The van der Waals surface area contributed by atoms with Crippen LogP contribution in [0.2, 0.25) is 25.6 Å². The van der Waals surface area contributed by atoms with Crippen molar-refractivity contribution < 1.29 is 14.8 Å². The molecule has 1 saturated carbocycles. The molecule has 0 saturated heterocycles. The molecule has 0 spiro atoms. The van der Waals surface area contributed by atoms with Crippen molar-refractivity contribution in [3.05, 3.63) is 0 Å². The third-order valence-electron chi connectivity index (χ3n) is 2.28. The topological polar surface area (TPSA) is 0 Å². The van der Waals surface area contributed by atoms with Crippen molar-refractivity contribution in [2.45, 2.75) is 51.2 Å². The minimum atomic E-state index is -1.76. The standard InChI is InChI=1S/C5H9.4CH3.Pt/c1-2-4-5-3-1;;;;;/h1H,2-5H2;4*1H3;. The van der Waals surface area contributed by atoms with Crippen LogP contribution in [-0.4, -0.2) is 0 Å². The summed E-state index contributed by atoms with van der Waals surface area (Å²) in [7, 11) is 0. The van der Waals surface area contributed by atoms with Crippen LogP contribution in [0.3, 0.4) is 0 Å². The van der Waals surface area contributed by atoms with Gasteiger partial charge in [0, 0.05) is 0 Å². The number of rotatable bonds is 1. The fourth-order valence-electron chi connectivity index (χ4n) is 1.58. The Morgan fingerprint density at radius 2 is 1.30 bits per heavy atom. The summed E-state index contributed by atoms with van der Waals surface area (Å²) in [6.45, 7) is 0. The summed E-state index contributed by atoms with van der Waals surface area (Å²) in [6.07, 6.45) is 6.08.